The molecule has 0 bridgehead atoms. The molecule has 0 saturated carbocycles. The fourth-order valence-corrected chi connectivity index (χ4v) is 2.12. The van der Waals surface area contributed by atoms with E-state index in [1.54, 1.807) is 13.0 Å². The summed E-state index contributed by atoms with van der Waals surface area (Å²) in [5.41, 5.74) is 3.04. The summed E-state index contributed by atoms with van der Waals surface area (Å²) < 4.78 is 0. The van der Waals surface area contributed by atoms with Crippen LogP contribution in [0, 0.1) is 0 Å². The molecule has 0 fully saturated rings. The smallest absolute Gasteiger partial charge is 0.134 e. The number of ketones is 1. The fourth-order valence-electron chi connectivity index (χ4n) is 1.82. The molecule has 0 N–H and O–H groups in total. The second-order valence-electron chi connectivity index (χ2n) is 4.21. The van der Waals surface area contributed by atoms with Crippen LogP contribution in [-0.4, -0.2) is 5.78 Å². The molecule has 0 amide bonds. The van der Waals surface area contributed by atoms with Crippen molar-refractivity contribution in [2.45, 2.75) is 13.3 Å². The maximum Gasteiger partial charge on any atom is 0.134 e. The van der Waals surface area contributed by atoms with Gasteiger partial charge >= 0.3 is 0 Å². The molecule has 3 heteroatoms. The molecule has 0 aliphatic rings. The zero-order chi connectivity index (χ0) is 13.1. The average molecular weight is 279 g/mol. The van der Waals surface area contributed by atoms with Crippen molar-refractivity contribution >= 4 is 29.0 Å². The minimum Gasteiger partial charge on any atom is -0.300 e. The van der Waals surface area contributed by atoms with E-state index in [-0.39, 0.29) is 5.78 Å². The van der Waals surface area contributed by atoms with E-state index in [1.165, 1.54) is 0 Å². The molecule has 0 saturated heterocycles. The van der Waals surface area contributed by atoms with E-state index in [2.05, 4.69) is 0 Å². The van der Waals surface area contributed by atoms with Crippen LogP contribution in [0.1, 0.15) is 12.5 Å². The van der Waals surface area contributed by atoms with Gasteiger partial charge in [-0.25, -0.2) is 0 Å². The van der Waals surface area contributed by atoms with Crippen LogP contribution in [-0.2, 0) is 11.2 Å². The summed E-state index contributed by atoms with van der Waals surface area (Å²) in [6, 6.07) is 13.4. The minimum atomic E-state index is 0.154. The Labute approximate surface area is 116 Å². The third-order valence-electron chi connectivity index (χ3n) is 2.63. The van der Waals surface area contributed by atoms with Crippen LogP contribution in [0.3, 0.4) is 0 Å². The third-order valence-corrected chi connectivity index (χ3v) is 3.37. The number of Topliss-reactive ketones (excluding diaryl/α,β-unsaturated/α-hetero) is 1. The molecule has 0 radical (unpaired) electrons. The topological polar surface area (TPSA) is 17.1 Å². The first-order valence-corrected chi connectivity index (χ1v) is 6.35. The minimum absolute atomic E-state index is 0.154. The van der Waals surface area contributed by atoms with Gasteiger partial charge in [0, 0.05) is 6.42 Å². The summed E-state index contributed by atoms with van der Waals surface area (Å²) in [4.78, 5) is 11.1. The summed E-state index contributed by atoms with van der Waals surface area (Å²) in [5.74, 6) is 0.154. The van der Waals surface area contributed by atoms with Crippen LogP contribution < -0.4 is 0 Å². The van der Waals surface area contributed by atoms with Crippen molar-refractivity contribution in [3.8, 4) is 11.1 Å². The Kier molecular flexibility index (Phi) is 4.05. The highest BCUT2D eigenvalue weighted by Crippen LogP contribution is 2.28. The molecule has 18 heavy (non-hydrogen) atoms. The van der Waals surface area contributed by atoms with Gasteiger partial charge in [-0.2, -0.15) is 0 Å². The van der Waals surface area contributed by atoms with Crippen molar-refractivity contribution < 1.29 is 4.79 Å². The molecule has 2 aromatic rings. The Morgan fingerprint density at radius 3 is 2.39 bits per heavy atom. The van der Waals surface area contributed by atoms with Crippen molar-refractivity contribution in [2.75, 3.05) is 0 Å². The second kappa shape index (κ2) is 5.55. The lowest BCUT2D eigenvalue weighted by Crippen LogP contribution is -1.96. The SMILES string of the molecule is CC(=O)Cc1cccc(-c2ccc(Cl)c(Cl)c2)c1. The lowest BCUT2D eigenvalue weighted by Gasteiger charge is -2.06. The van der Waals surface area contributed by atoms with Gasteiger partial charge in [0.15, 0.2) is 0 Å². The van der Waals surface area contributed by atoms with Gasteiger partial charge in [0.05, 0.1) is 10.0 Å². The molecule has 1 nitrogen and oxygen atoms in total. The lowest BCUT2D eigenvalue weighted by molar-refractivity contribution is -0.116. The summed E-state index contributed by atoms with van der Waals surface area (Å²) in [7, 11) is 0. The van der Waals surface area contributed by atoms with Gasteiger partial charge < -0.3 is 0 Å². The molecule has 0 atom stereocenters. The van der Waals surface area contributed by atoms with Crippen LogP contribution in [0.15, 0.2) is 42.5 Å². The van der Waals surface area contributed by atoms with E-state index in [9.17, 15) is 4.79 Å². The van der Waals surface area contributed by atoms with Crippen LogP contribution >= 0.6 is 23.2 Å². The molecule has 0 spiro atoms. The summed E-state index contributed by atoms with van der Waals surface area (Å²) in [6.45, 7) is 1.59. The number of benzene rings is 2. The third kappa shape index (κ3) is 3.12. The predicted molar refractivity (Wildman–Crippen MR) is 76.3 cm³/mol. The summed E-state index contributed by atoms with van der Waals surface area (Å²) >= 11 is 11.9. The quantitative estimate of drug-likeness (QED) is 0.789. The van der Waals surface area contributed by atoms with Gasteiger partial charge in [-0.15, -0.1) is 0 Å². The van der Waals surface area contributed by atoms with Gasteiger partial charge in [-0.05, 0) is 35.7 Å². The monoisotopic (exact) mass is 278 g/mol. The van der Waals surface area contributed by atoms with Crippen molar-refractivity contribution in [3.05, 3.63) is 58.1 Å². The molecule has 2 rings (SSSR count). The molecule has 0 unspecified atom stereocenters. The maximum atomic E-state index is 11.1. The molecule has 0 aromatic heterocycles. The first-order chi connectivity index (χ1) is 8.56. The first kappa shape index (κ1) is 13.1. The first-order valence-electron chi connectivity index (χ1n) is 5.60. The number of halogens is 2. The Morgan fingerprint density at radius 1 is 1.00 bits per heavy atom. The number of carbonyl (C=O) groups excluding carboxylic acids is 1. The Morgan fingerprint density at radius 2 is 1.72 bits per heavy atom. The molecule has 0 aliphatic heterocycles. The Balaban J connectivity index is 2.38. The van der Waals surface area contributed by atoms with Gasteiger partial charge in [-0.3, -0.25) is 4.79 Å². The van der Waals surface area contributed by atoms with Gasteiger partial charge in [0.1, 0.15) is 5.78 Å². The van der Waals surface area contributed by atoms with Crippen molar-refractivity contribution in [2.24, 2.45) is 0 Å². The van der Waals surface area contributed by atoms with E-state index in [0.717, 1.165) is 16.7 Å². The van der Waals surface area contributed by atoms with E-state index in [0.29, 0.717) is 16.5 Å². The van der Waals surface area contributed by atoms with Gasteiger partial charge in [0.25, 0.3) is 0 Å². The molecule has 92 valence electrons. The van der Waals surface area contributed by atoms with Crippen LogP contribution in [0.25, 0.3) is 11.1 Å². The standard InChI is InChI=1S/C15H12Cl2O/c1-10(18)7-11-3-2-4-12(8-11)13-5-6-14(16)15(17)9-13/h2-6,8-9H,7H2,1H3. The molecule has 0 aliphatic carbocycles. The number of carbonyl (C=O) groups is 1. The zero-order valence-electron chi connectivity index (χ0n) is 9.91. The Hall–Kier alpha value is -1.31. The number of hydrogen-bond acceptors (Lipinski definition) is 1. The number of hydrogen-bond donors (Lipinski definition) is 0. The maximum absolute atomic E-state index is 11.1. The van der Waals surface area contributed by atoms with Gasteiger partial charge in [0.2, 0.25) is 0 Å². The Bertz CT molecular complexity index is 591. The molecule has 0 heterocycles. The van der Waals surface area contributed by atoms with E-state index >= 15 is 0 Å². The second-order valence-corrected chi connectivity index (χ2v) is 5.02. The lowest BCUT2D eigenvalue weighted by atomic mass is 10.0. The van der Waals surface area contributed by atoms with Crippen LogP contribution in [0.5, 0.6) is 0 Å². The molecular formula is C15H12Cl2O. The number of rotatable bonds is 3. The van der Waals surface area contributed by atoms with Crippen molar-refractivity contribution in [3.63, 3.8) is 0 Å². The fraction of sp³-hybridized carbons (Fsp3) is 0.133. The van der Waals surface area contributed by atoms with Crippen LogP contribution in [0.4, 0.5) is 0 Å². The van der Waals surface area contributed by atoms with Crippen LogP contribution in [0.2, 0.25) is 10.0 Å². The van der Waals surface area contributed by atoms with Crippen molar-refractivity contribution in [1.82, 2.24) is 0 Å². The van der Waals surface area contributed by atoms with E-state index < -0.39 is 0 Å². The highest BCUT2D eigenvalue weighted by molar-refractivity contribution is 6.42. The predicted octanol–water partition coefficient (Wildman–Crippen LogP) is 4.79. The largest absolute Gasteiger partial charge is 0.300 e. The van der Waals surface area contributed by atoms with Gasteiger partial charge in [-0.1, -0.05) is 53.5 Å². The normalized spacial score (nSPS) is 10.4. The van der Waals surface area contributed by atoms with E-state index in [4.69, 9.17) is 23.2 Å². The van der Waals surface area contributed by atoms with Crippen molar-refractivity contribution in [1.29, 1.82) is 0 Å². The molecule has 2 aromatic carbocycles. The average Bonchev–Trinajstić information content (AvgIpc) is 2.32. The summed E-state index contributed by atoms with van der Waals surface area (Å²) in [6.07, 6.45) is 0.454. The van der Waals surface area contributed by atoms with E-state index in [1.807, 2.05) is 36.4 Å². The molecular weight excluding hydrogens is 267 g/mol. The zero-order valence-corrected chi connectivity index (χ0v) is 11.4. The highest BCUT2D eigenvalue weighted by atomic mass is 35.5. The summed E-state index contributed by atoms with van der Waals surface area (Å²) in [5, 5.41) is 1.08. The highest BCUT2D eigenvalue weighted by Gasteiger charge is 2.04.